The van der Waals surface area contributed by atoms with E-state index in [4.69, 9.17) is 0 Å². The van der Waals surface area contributed by atoms with Crippen LogP contribution in [0.2, 0.25) is 0 Å². The standard InChI is InChI=1S/C11H7BrF2N2O2/c12-7-10(17)15-9(16-11(7)18)6-3-1-2-5(4-6)8(13)14/h1-4,8H,(H2,15,16,17,18). The van der Waals surface area contributed by atoms with Gasteiger partial charge in [-0.3, -0.25) is 4.79 Å². The van der Waals surface area contributed by atoms with Crippen molar-refractivity contribution in [3.63, 3.8) is 0 Å². The third kappa shape index (κ3) is 2.40. The van der Waals surface area contributed by atoms with Crippen LogP contribution < -0.4 is 5.56 Å². The smallest absolute Gasteiger partial charge is 0.269 e. The summed E-state index contributed by atoms with van der Waals surface area (Å²) in [6, 6.07) is 5.41. The molecule has 0 radical (unpaired) electrons. The number of nitrogens with one attached hydrogen (secondary N) is 1. The van der Waals surface area contributed by atoms with Crippen LogP contribution in [-0.4, -0.2) is 15.1 Å². The van der Waals surface area contributed by atoms with E-state index in [1.807, 2.05) is 0 Å². The molecule has 0 bridgehead atoms. The van der Waals surface area contributed by atoms with Gasteiger partial charge in [0.05, 0.1) is 0 Å². The molecule has 0 saturated heterocycles. The molecule has 1 aromatic heterocycles. The highest BCUT2D eigenvalue weighted by molar-refractivity contribution is 9.10. The fraction of sp³-hybridized carbons (Fsp3) is 0.0909. The minimum atomic E-state index is -2.61. The van der Waals surface area contributed by atoms with E-state index in [-0.39, 0.29) is 15.9 Å². The van der Waals surface area contributed by atoms with E-state index >= 15 is 0 Å². The van der Waals surface area contributed by atoms with Gasteiger partial charge in [-0.15, -0.1) is 0 Å². The van der Waals surface area contributed by atoms with Crippen molar-refractivity contribution in [2.24, 2.45) is 0 Å². The van der Waals surface area contributed by atoms with Crippen LogP contribution in [-0.2, 0) is 0 Å². The van der Waals surface area contributed by atoms with Gasteiger partial charge in [0.2, 0.25) is 5.88 Å². The number of nitrogens with zero attached hydrogens (tertiary/aromatic N) is 1. The lowest BCUT2D eigenvalue weighted by Gasteiger charge is -2.05. The molecular weight excluding hydrogens is 310 g/mol. The van der Waals surface area contributed by atoms with Gasteiger partial charge in [-0.25, -0.2) is 8.78 Å². The molecule has 18 heavy (non-hydrogen) atoms. The molecule has 0 atom stereocenters. The number of aromatic amines is 1. The van der Waals surface area contributed by atoms with Gasteiger partial charge < -0.3 is 10.1 Å². The van der Waals surface area contributed by atoms with Gasteiger partial charge in [-0.05, 0) is 22.0 Å². The number of H-pyrrole nitrogens is 1. The van der Waals surface area contributed by atoms with Crippen LogP contribution in [0.5, 0.6) is 5.88 Å². The second-order valence-electron chi connectivity index (χ2n) is 3.48. The van der Waals surface area contributed by atoms with Gasteiger partial charge in [-0.2, -0.15) is 4.98 Å². The Morgan fingerprint density at radius 1 is 1.39 bits per heavy atom. The molecule has 2 N–H and O–H groups in total. The topological polar surface area (TPSA) is 66.0 Å². The Kier molecular flexibility index (Phi) is 3.42. The number of aromatic hydroxyl groups is 1. The largest absolute Gasteiger partial charge is 0.492 e. The highest BCUT2D eigenvalue weighted by Gasteiger charge is 2.12. The van der Waals surface area contributed by atoms with Gasteiger partial charge >= 0.3 is 0 Å². The van der Waals surface area contributed by atoms with E-state index in [0.29, 0.717) is 5.56 Å². The van der Waals surface area contributed by atoms with E-state index < -0.39 is 17.9 Å². The number of alkyl halides is 2. The van der Waals surface area contributed by atoms with Crippen LogP contribution in [0.3, 0.4) is 0 Å². The van der Waals surface area contributed by atoms with E-state index in [1.165, 1.54) is 24.3 Å². The van der Waals surface area contributed by atoms with Crippen molar-refractivity contribution in [2.45, 2.75) is 6.43 Å². The summed E-state index contributed by atoms with van der Waals surface area (Å²) in [4.78, 5) is 17.5. The lowest BCUT2D eigenvalue weighted by Crippen LogP contribution is -2.09. The Morgan fingerprint density at radius 2 is 2.11 bits per heavy atom. The fourth-order valence-corrected chi connectivity index (χ4v) is 1.59. The van der Waals surface area contributed by atoms with E-state index in [2.05, 4.69) is 25.9 Å². The van der Waals surface area contributed by atoms with Crippen molar-refractivity contribution in [3.05, 3.63) is 44.7 Å². The molecule has 1 heterocycles. The monoisotopic (exact) mass is 316 g/mol. The quantitative estimate of drug-likeness (QED) is 0.895. The van der Waals surface area contributed by atoms with E-state index in [1.54, 1.807) is 0 Å². The normalized spacial score (nSPS) is 10.9. The Balaban J connectivity index is 2.55. The molecule has 4 nitrogen and oxygen atoms in total. The Bertz CT molecular complexity index is 643. The molecule has 2 aromatic rings. The van der Waals surface area contributed by atoms with Crippen LogP contribution in [0, 0.1) is 0 Å². The lowest BCUT2D eigenvalue weighted by molar-refractivity contribution is 0.151. The zero-order chi connectivity index (χ0) is 13.3. The van der Waals surface area contributed by atoms with Crippen LogP contribution in [0.4, 0.5) is 8.78 Å². The van der Waals surface area contributed by atoms with Crippen molar-refractivity contribution in [3.8, 4) is 17.3 Å². The maximum Gasteiger partial charge on any atom is 0.269 e. The maximum absolute atomic E-state index is 12.5. The van der Waals surface area contributed by atoms with Gasteiger partial charge in [0, 0.05) is 11.1 Å². The third-order valence-electron chi connectivity index (χ3n) is 2.26. The predicted molar refractivity (Wildman–Crippen MR) is 64.6 cm³/mol. The first-order valence-corrected chi connectivity index (χ1v) is 5.65. The van der Waals surface area contributed by atoms with Crippen LogP contribution in [0.15, 0.2) is 33.5 Å². The van der Waals surface area contributed by atoms with Crippen molar-refractivity contribution in [2.75, 3.05) is 0 Å². The average Bonchev–Trinajstić information content (AvgIpc) is 2.35. The first-order chi connectivity index (χ1) is 8.49. The minimum Gasteiger partial charge on any atom is -0.492 e. The van der Waals surface area contributed by atoms with Crippen molar-refractivity contribution in [1.82, 2.24) is 9.97 Å². The van der Waals surface area contributed by atoms with Gasteiger partial charge in [0.1, 0.15) is 10.3 Å². The first kappa shape index (κ1) is 12.7. The molecule has 0 aliphatic carbocycles. The van der Waals surface area contributed by atoms with Crippen LogP contribution in [0.25, 0.3) is 11.4 Å². The van der Waals surface area contributed by atoms with Gasteiger partial charge in [0.15, 0.2) is 0 Å². The number of halogens is 3. The first-order valence-electron chi connectivity index (χ1n) is 4.86. The summed E-state index contributed by atoms with van der Waals surface area (Å²) in [5.41, 5.74) is -0.467. The second kappa shape index (κ2) is 4.85. The molecular formula is C11H7BrF2N2O2. The summed E-state index contributed by atoms with van der Waals surface area (Å²) in [5, 5.41) is 9.39. The van der Waals surface area contributed by atoms with E-state index in [0.717, 1.165) is 0 Å². The molecule has 0 amide bonds. The number of hydrogen-bond donors (Lipinski definition) is 2. The SMILES string of the molecule is O=c1[nH]c(-c2cccc(C(F)F)c2)nc(O)c1Br. The van der Waals surface area contributed by atoms with Crippen molar-refractivity contribution >= 4 is 15.9 Å². The molecule has 0 unspecified atom stereocenters. The van der Waals surface area contributed by atoms with Gasteiger partial charge in [-0.1, -0.05) is 18.2 Å². The second-order valence-corrected chi connectivity index (χ2v) is 4.27. The molecule has 0 spiro atoms. The molecule has 0 aliphatic heterocycles. The Hall–Kier alpha value is -1.76. The predicted octanol–water partition coefficient (Wildman–Crippen LogP) is 2.84. The highest BCUT2D eigenvalue weighted by atomic mass is 79.9. The molecule has 1 aromatic carbocycles. The zero-order valence-corrected chi connectivity index (χ0v) is 10.4. The summed E-state index contributed by atoms with van der Waals surface area (Å²) < 4.78 is 25.0. The van der Waals surface area contributed by atoms with Crippen LogP contribution in [0.1, 0.15) is 12.0 Å². The number of aromatic nitrogens is 2. The summed E-state index contributed by atoms with van der Waals surface area (Å²) in [6.07, 6.45) is -2.61. The third-order valence-corrected chi connectivity index (χ3v) is 2.97. The van der Waals surface area contributed by atoms with Gasteiger partial charge in [0.25, 0.3) is 12.0 Å². The van der Waals surface area contributed by atoms with Crippen molar-refractivity contribution in [1.29, 1.82) is 0 Å². The number of rotatable bonds is 2. The zero-order valence-electron chi connectivity index (χ0n) is 8.82. The van der Waals surface area contributed by atoms with E-state index in [9.17, 15) is 18.7 Å². The highest BCUT2D eigenvalue weighted by Crippen LogP contribution is 2.25. The lowest BCUT2D eigenvalue weighted by atomic mass is 10.1. The molecule has 0 fully saturated rings. The number of benzene rings is 1. The fourth-order valence-electron chi connectivity index (χ4n) is 1.41. The maximum atomic E-state index is 12.5. The molecule has 94 valence electrons. The summed E-state index contributed by atoms with van der Waals surface area (Å²) >= 11 is 2.85. The summed E-state index contributed by atoms with van der Waals surface area (Å²) in [7, 11) is 0. The average molecular weight is 317 g/mol. The van der Waals surface area contributed by atoms with Crippen LogP contribution >= 0.6 is 15.9 Å². The Morgan fingerprint density at radius 3 is 2.72 bits per heavy atom. The van der Waals surface area contributed by atoms with Crippen molar-refractivity contribution < 1.29 is 13.9 Å². The Labute approximate surface area is 108 Å². The summed E-state index contributed by atoms with van der Waals surface area (Å²) in [6.45, 7) is 0. The number of hydrogen-bond acceptors (Lipinski definition) is 3. The summed E-state index contributed by atoms with van der Waals surface area (Å²) in [5.74, 6) is -0.459. The molecule has 2 rings (SSSR count). The minimum absolute atomic E-state index is 0.0307. The molecule has 0 aliphatic rings. The molecule has 7 heteroatoms. The molecule has 0 saturated carbocycles.